The lowest BCUT2D eigenvalue weighted by atomic mass is 9.82. The Morgan fingerprint density at radius 2 is 2.28 bits per heavy atom. The Balaban J connectivity index is 2.45. The molecule has 4 atom stereocenters. The minimum Gasteiger partial charge on any atom is -0.457 e. The molecule has 2 rings (SSSR count). The summed E-state index contributed by atoms with van der Waals surface area (Å²) in [5.74, 6) is -0.746. The van der Waals surface area contributed by atoms with Crippen LogP contribution in [0.15, 0.2) is 27.0 Å². The third-order valence-electron chi connectivity index (χ3n) is 4.68. The van der Waals surface area contributed by atoms with Crippen molar-refractivity contribution in [3.05, 3.63) is 43.5 Å². The molecule has 1 fully saturated rings. The molecule has 25 heavy (non-hydrogen) atoms. The number of carbonyl (C=O) groups excluding carboxylic acids is 1. The SMILES string of the molecule is CC[C@@]1(CCN=[N+]=[N-])O[C@@H](n2ccc(=O)[nH]c2=O)[C@@H](OC(C)=O)C1C. The van der Waals surface area contributed by atoms with Crippen molar-refractivity contribution < 1.29 is 14.3 Å². The van der Waals surface area contributed by atoms with Crippen LogP contribution in [-0.4, -0.2) is 33.8 Å². The van der Waals surface area contributed by atoms with E-state index in [1.165, 1.54) is 23.8 Å². The summed E-state index contributed by atoms with van der Waals surface area (Å²) in [6, 6.07) is 1.20. The van der Waals surface area contributed by atoms with Crippen LogP contribution in [0.1, 0.15) is 39.8 Å². The third kappa shape index (κ3) is 3.75. The summed E-state index contributed by atoms with van der Waals surface area (Å²) in [6.07, 6.45) is 0.706. The van der Waals surface area contributed by atoms with Gasteiger partial charge < -0.3 is 9.47 Å². The molecule has 10 heteroatoms. The second-order valence-electron chi connectivity index (χ2n) is 6.01. The molecule has 1 aromatic heterocycles. The molecule has 0 radical (unpaired) electrons. The zero-order chi connectivity index (χ0) is 18.6. The van der Waals surface area contributed by atoms with Crippen LogP contribution in [0.5, 0.6) is 0 Å². The monoisotopic (exact) mass is 351 g/mol. The van der Waals surface area contributed by atoms with Crippen LogP contribution in [0.2, 0.25) is 0 Å². The van der Waals surface area contributed by atoms with Crippen LogP contribution in [0.4, 0.5) is 0 Å². The van der Waals surface area contributed by atoms with Gasteiger partial charge in [0.2, 0.25) is 0 Å². The fraction of sp³-hybridized carbons (Fsp3) is 0.667. The topological polar surface area (TPSA) is 139 Å². The highest BCUT2D eigenvalue weighted by Crippen LogP contribution is 2.46. The maximum absolute atomic E-state index is 12.1. The lowest BCUT2D eigenvalue weighted by molar-refractivity contribution is -0.154. The van der Waals surface area contributed by atoms with Gasteiger partial charge in [-0.05, 0) is 18.4 Å². The van der Waals surface area contributed by atoms with Gasteiger partial charge in [0, 0.05) is 36.6 Å². The van der Waals surface area contributed by atoms with Crippen LogP contribution in [0, 0.1) is 5.92 Å². The number of esters is 1. The molecule has 0 aromatic carbocycles. The summed E-state index contributed by atoms with van der Waals surface area (Å²) in [4.78, 5) is 39.9. The Bertz CT molecular complexity index is 796. The molecule has 1 aliphatic rings. The zero-order valence-electron chi connectivity index (χ0n) is 14.3. The number of hydrogen-bond acceptors (Lipinski definition) is 6. The van der Waals surface area contributed by atoms with Crippen molar-refractivity contribution in [2.75, 3.05) is 6.54 Å². The minimum absolute atomic E-state index is 0.217. The van der Waals surface area contributed by atoms with Crippen molar-refractivity contribution in [2.24, 2.45) is 11.0 Å². The van der Waals surface area contributed by atoms with Gasteiger partial charge in [0.05, 0.1) is 5.60 Å². The molecule has 1 aliphatic heterocycles. The number of nitrogens with one attached hydrogen (secondary N) is 1. The van der Waals surface area contributed by atoms with E-state index in [-0.39, 0.29) is 12.5 Å². The predicted octanol–water partition coefficient (Wildman–Crippen LogP) is 1.48. The van der Waals surface area contributed by atoms with E-state index in [9.17, 15) is 14.4 Å². The van der Waals surface area contributed by atoms with E-state index < -0.39 is 35.2 Å². The van der Waals surface area contributed by atoms with Gasteiger partial charge in [-0.1, -0.05) is 19.0 Å². The molecule has 1 unspecified atom stereocenters. The molecule has 0 amide bonds. The van der Waals surface area contributed by atoms with Gasteiger partial charge in [-0.15, -0.1) is 0 Å². The van der Waals surface area contributed by atoms with E-state index in [4.69, 9.17) is 15.0 Å². The van der Waals surface area contributed by atoms with Gasteiger partial charge in [0.25, 0.3) is 5.56 Å². The van der Waals surface area contributed by atoms with E-state index in [1.807, 2.05) is 13.8 Å². The Kier molecular flexibility index (Phi) is 5.66. The van der Waals surface area contributed by atoms with Crippen molar-refractivity contribution >= 4 is 5.97 Å². The second-order valence-corrected chi connectivity index (χ2v) is 6.01. The molecule has 10 nitrogen and oxygen atoms in total. The summed E-state index contributed by atoms with van der Waals surface area (Å²) < 4.78 is 12.8. The first kappa shape index (κ1) is 18.8. The number of azide groups is 1. The minimum atomic E-state index is -0.880. The summed E-state index contributed by atoms with van der Waals surface area (Å²) in [5, 5.41) is 3.55. The van der Waals surface area contributed by atoms with E-state index in [0.29, 0.717) is 12.8 Å². The quantitative estimate of drug-likeness (QED) is 0.358. The lowest BCUT2D eigenvalue weighted by Gasteiger charge is -2.31. The highest BCUT2D eigenvalue weighted by atomic mass is 16.6. The van der Waals surface area contributed by atoms with Gasteiger partial charge in [0.1, 0.15) is 0 Å². The molecule has 0 saturated carbocycles. The highest BCUT2D eigenvalue weighted by Gasteiger charge is 2.53. The standard InChI is InChI=1S/C15H21N5O5/c1-4-15(6-7-17-19-16)9(2)12(24-10(3)21)13(25-15)20-8-5-11(22)18-14(20)23/h5,8-9,12-13H,4,6-7H2,1-3H3,(H,18,22,23)/t9?,12-,13+,15-/m0/s1. The first-order valence-corrected chi connectivity index (χ1v) is 8.02. The summed E-state index contributed by atoms with van der Waals surface area (Å²) in [5.41, 5.74) is 6.59. The van der Waals surface area contributed by atoms with Gasteiger partial charge in [-0.3, -0.25) is 19.1 Å². The summed E-state index contributed by atoms with van der Waals surface area (Å²) in [7, 11) is 0. The Morgan fingerprint density at radius 1 is 1.56 bits per heavy atom. The zero-order valence-corrected chi connectivity index (χ0v) is 14.3. The molecule has 0 aliphatic carbocycles. The number of aromatic nitrogens is 2. The first-order chi connectivity index (χ1) is 11.8. The second kappa shape index (κ2) is 7.54. The molecular weight excluding hydrogens is 330 g/mol. The summed E-state index contributed by atoms with van der Waals surface area (Å²) >= 11 is 0. The molecule has 2 heterocycles. The van der Waals surface area contributed by atoms with Crippen molar-refractivity contribution in [3.63, 3.8) is 0 Å². The molecule has 1 aromatic rings. The smallest absolute Gasteiger partial charge is 0.330 e. The fourth-order valence-electron chi connectivity index (χ4n) is 3.31. The molecule has 0 bridgehead atoms. The molecule has 136 valence electrons. The number of H-pyrrole nitrogens is 1. The Labute approximate surface area is 143 Å². The van der Waals surface area contributed by atoms with Crippen LogP contribution in [0.25, 0.3) is 10.4 Å². The van der Waals surface area contributed by atoms with Crippen LogP contribution < -0.4 is 11.2 Å². The van der Waals surface area contributed by atoms with Gasteiger partial charge in [-0.25, -0.2) is 4.79 Å². The Morgan fingerprint density at radius 3 is 2.84 bits per heavy atom. The number of carbonyl (C=O) groups is 1. The van der Waals surface area contributed by atoms with Crippen molar-refractivity contribution in [1.29, 1.82) is 0 Å². The average molecular weight is 351 g/mol. The molecule has 1 N–H and O–H groups in total. The maximum Gasteiger partial charge on any atom is 0.330 e. The number of nitrogens with zero attached hydrogens (tertiary/aromatic N) is 4. The lowest BCUT2D eigenvalue weighted by Crippen LogP contribution is -2.38. The normalized spacial score (nSPS) is 28.4. The number of ether oxygens (including phenoxy) is 2. The average Bonchev–Trinajstić information content (AvgIpc) is 2.81. The predicted molar refractivity (Wildman–Crippen MR) is 87.8 cm³/mol. The van der Waals surface area contributed by atoms with Gasteiger partial charge in [0.15, 0.2) is 12.3 Å². The van der Waals surface area contributed by atoms with Crippen molar-refractivity contribution in [2.45, 2.75) is 51.5 Å². The van der Waals surface area contributed by atoms with Gasteiger partial charge in [-0.2, -0.15) is 0 Å². The van der Waals surface area contributed by atoms with E-state index in [0.717, 1.165) is 0 Å². The third-order valence-corrected chi connectivity index (χ3v) is 4.68. The van der Waals surface area contributed by atoms with E-state index in [1.54, 1.807) is 0 Å². The van der Waals surface area contributed by atoms with E-state index >= 15 is 0 Å². The number of rotatable bonds is 6. The molecule has 0 spiro atoms. The molecule has 1 saturated heterocycles. The first-order valence-electron chi connectivity index (χ1n) is 8.02. The van der Waals surface area contributed by atoms with Gasteiger partial charge >= 0.3 is 11.7 Å². The largest absolute Gasteiger partial charge is 0.457 e. The van der Waals surface area contributed by atoms with E-state index in [2.05, 4.69) is 15.0 Å². The van der Waals surface area contributed by atoms with Crippen molar-refractivity contribution in [3.8, 4) is 0 Å². The molecular formula is C15H21N5O5. The van der Waals surface area contributed by atoms with Crippen LogP contribution >= 0.6 is 0 Å². The van der Waals surface area contributed by atoms with Crippen LogP contribution in [0.3, 0.4) is 0 Å². The summed E-state index contributed by atoms with van der Waals surface area (Å²) in [6.45, 7) is 5.28. The number of hydrogen-bond donors (Lipinski definition) is 1. The fourth-order valence-corrected chi connectivity index (χ4v) is 3.31. The van der Waals surface area contributed by atoms with Crippen molar-refractivity contribution in [1.82, 2.24) is 9.55 Å². The Hall–Kier alpha value is -2.58. The van der Waals surface area contributed by atoms with Crippen LogP contribution in [-0.2, 0) is 14.3 Å². The maximum atomic E-state index is 12.1. The highest BCUT2D eigenvalue weighted by molar-refractivity contribution is 5.66. The number of aromatic amines is 1.